The minimum atomic E-state index is -4.56. The van der Waals surface area contributed by atoms with Gasteiger partial charge in [0.1, 0.15) is 11.3 Å². The summed E-state index contributed by atoms with van der Waals surface area (Å²) >= 11 is 1.12. The highest BCUT2D eigenvalue weighted by molar-refractivity contribution is 7.93. The Bertz CT molecular complexity index is 1390. The number of hydrogen-bond donors (Lipinski definition) is 1. The molecule has 198 valence electrons. The number of amides is 1. The van der Waals surface area contributed by atoms with Gasteiger partial charge in [0.2, 0.25) is 5.13 Å². The summed E-state index contributed by atoms with van der Waals surface area (Å²) in [6.07, 6.45) is -3.74. The van der Waals surface area contributed by atoms with Crippen LogP contribution in [0.25, 0.3) is 0 Å². The summed E-state index contributed by atoms with van der Waals surface area (Å²) in [6, 6.07) is 6.85. The first-order valence-electron chi connectivity index (χ1n) is 11.5. The molecule has 1 heterocycles. The molecule has 0 bridgehead atoms. The molecule has 1 amide bonds. The van der Waals surface area contributed by atoms with Crippen LogP contribution < -0.4 is 14.4 Å². The fourth-order valence-electron chi connectivity index (χ4n) is 4.26. The minimum absolute atomic E-state index is 0.00120. The van der Waals surface area contributed by atoms with Crippen LogP contribution >= 0.6 is 11.3 Å². The van der Waals surface area contributed by atoms with Gasteiger partial charge in [-0.25, -0.2) is 12.7 Å². The second kappa shape index (κ2) is 10.3. The van der Waals surface area contributed by atoms with Gasteiger partial charge in [-0.2, -0.15) is 13.2 Å². The van der Waals surface area contributed by atoms with E-state index in [0.717, 1.165) is 40.7 Å². The number of carbonyl (C=O) groups is 1. The maximum atomic E-state index is 13.4. The van der Waals surface area contributed by atoms with Gasteiger partial charge in [0.05, 0.1) is 22.6 Å². The molecule has 0 radical (unpaired) electrons. The van der Waals surface area contributed by atoms with Gasteiger partial charge in [-0.1, -0.05) is 17.4 Å². The molecular formula is C24H25F3N4O4S2. The van der Waals surface area contributed by atoms with Crippen LogP contribution in [0, 0.1) is 0 Å². The number of carbonyl (C=O) groups excluding carboxylic acids is 1. The van der Waals surface area contributed by atoms with Crippen molar-refractivity contribution in [3.63, 3.8) is 0 Å². The van der Waals surface area contributed by atoms with E-state index in [1.165, 1.54) is 15.9 Å². The minimum Gasteiger partial charge on any atom is -0.493 e. The van der Waals surface area contributed by atoms with Gasteiger partial charge in [-0.3, -0.25) is 4.79 Å². The zero-order chi connectivity index (χ0) is 27.0. The van der Waals surface area contributed by atoms with Crippen molar-refractivity contribution in [1.82, 2.24) is 15.5 Å². The van der Waals surface area contributed by atoms with Gasteiger partial charge in [-0.05, 0) is 75.1 Å². The van der Waals surface area contributed by atoms with Crippen molar-refractivity contribution < 1.29 is 31.1 Å². The molecule has 4 rings (SSSR count). The van der Waals surface area contributed by atoms with E-state index in [2.05, 4.69) is 15.5 Å². The monoisotopic (exact) mass is 554 g/mol. The molecule has 1 aromatic heterocycles. The second-order valence-corrected chi connectivity index (χ2v) is 11.4. The Morgan fingerprint density at radius 3 is 2.54 bits per heavy atom. The average molecular weight is 555 g/mol. The molecule has 0 fully saturated rings. The lowest BCUT2D eigenvalue weighted by atomic mass is 10.1. The standard InChI is InChI=1S/C24H25F3N4O4S2/c1-4-35-21-12-17(24(25,26)27)6-8-20(21)22(32)29-18-9-15-5-7-19(11-16(15)10-18)37(33,34)31(14(2)3)23-30-28-13-36-23/h5-8,11-14,18H,4,9-10H2,1-3H3,(H,29,32). The molecular weight excluding hydrogens is 529 g/mol. The first kappa shape index (κ1) is 26.9. The van der Waals surface area contributed by atoms with E-state index in [1.54, 1.807) is 32.9 Å². The van der Waals surface area contributed by atoms with Crippen molar-refractivity contribution in [2.75, 3.05) is 10.9 Å². The van der Waals surface area contributed by atoms with Crippen molar-refractivity contribution >= 4 is 32.4 Å². The first-order valence-corrected chi connectivity index (χ1v) is 13.8. The van der Waals surface area contributed by atoms with Crippen molar-refractivity contribution in [3.05, 3.63) is 64.2 Å². The number of nitrogens with one attached hydrogen (secondary N) is 1. The third-order valence-electron chi connectivity index (χ3n) is 5.86. The van der Waals surface area contributed by atoms with Gasteiger partial charge < -0.3 is 10.1 Å². The molecule has 3 aromatic rings. The van der Waals surface area contributed by atoms with E-state index in [9.17, 15) is 26.4 Å². The van der Waals surface area contributed by atoms with E-state index in [0.29, 0.717) is 12.8 Å². The number of aromatic nitrogens is 2. The Morgan fingerprint density at radius 2 is 1.92 bits per heavy atom. The Hall–Kier alpha value is -3.19. The summed E-state index contributed by atoms with van der Waals surface area (Å²) in [7, 11) is -3.91. The van der Waals surface area contributed by atoms with Gasteiger partial charge in [0, 0.05) is 12.1 Å². The molecule has 1 atom stereocenters. The first-order chi connectivity index (χ1) is 17.4. The number of sulfonamides is 1. The Morgan fingerprint density at radius 1 is 1.19 bits per heavy atom. The van der Waals surface area contributed by atoms with Crippen LogP contribution in [0.15, 0.2) is 46.8 Å². The second-order valence-electron chi connectivity index (χ2n) is 8.77. The summed E-state index contributed by atoms with van der Waals surface area (Å²) in [4.78, 5) is 13.0. The zero-order valence-corrected chi connectivity index (χ0v) is 21.9. The molecule has 1 aliphatic rings. The van der Waals surface area contributed by atoms with E-state index in [1.807, 2.05) is 0 Å². The smallest absolute Gasteiger partial charge is 0.416 e. The quantitative estimate of drug-likeness (QED) is 0.441. The van der Waals surface area contributed by atoms with Crippen LogP contribution in [-0.2, 0) is 29.0 Å². The van der Waals surface area contributed by atoms with Crippen molar-refractivity contribution in [2.45, 2.75) is 56.8 Å². The zero-order valence-electron chi connectivity index (χ0n) is 20.2. The summed E-state index contributed by atoms with van der Waals surface area (Å²) < 4.78 is 72.7. The van der Waals surface area contributed by atoms with Crippen LogP contribution in [-0.4, -0.2) is 43.2 Å². The number of benzene rings is 2. The average Bonchev–Trinajstić information content (AvgIpc) is 3.47. The van der Waals surface area contributed by atoms with E-state index in [-0.39, 0.29) is 40.0 Å². The lowest BCUT2D eigenvalue weighted by molar-refractivity contribution is -0.137. The number of nitrogens with zero attached hydrogens (tertiary/aromatic N) is 3. The predicted octanol–water partition coefficient (Wildman–Crippen LogP) is 4.46. The maximum absolute atomic E-state index is 13.4. The third-order valence-corrected chi connectivity index (χ3v) is 8.63. The number of fused-ring (bicyclic) bond motifs is 1. The molecule has 2 aromatic carbocycles. The number of hydrogen-bond acceptors (Lipinski definition) is 7. The van der Waals surface area contributed by atoms with Gasteiger partial charge in [-0.15, -0.1) is 10.2 Å². The van der Waals surface area contributed by atoms with Crippen LogP contribution in [0.3, 0.4) is 0 Å². The topological polar surface area (TPSA) is 101 Å². The molecule has 1 unspecified atom stereocenters. The summed E-state index contributed by atoms with van der Waals surface area (Å²) in [5, 5.41) is 10.8. The highest BCUT2D eigenvalue weighted by atomic mass is 32.2. The molecule has 8 nitrogen and oxygen atoms in total. The Labute approximate surface area is 216 Å². The largest absolute Gasteiger partial charge is 0.493 e. The van der Waals surface area contributed by atoms with Crippen molar-refractivity contribution in [1.29, 1.82) is 0 Å². The number of ether oxygens (including phenoxy) is 1. The Kier molecular flexibility index (Phi) is 7.47. The maximum Gasteiger partial charge on any atom is 0.416 e. The van der Waals surface area contributed by atoms with Crippen LogP contribution in [0.5, 0.6) is 5.75 Å². The molecule has 0 spiro atoms. The fraction of sp³-hybridized carbons (Fsp3) is 0.375. The number of alkyl halides is 3. The lowest BCUT2D eigenvalue weighted by Gasteiger charge is -2.25. The highest BCUT2D eigenvalue weighted by Gasteiger charge is 2.34. The van der Waals surface area contributed by atoms with Crippen LogP contribution in [0.4, 0.5) is 18.3 Å². The molecule has 13 heteroatoms. The van der Waals surface area contributed by atoms with E-state index >= 15 is 0 Å². The summed E-state index contributed by atoms with van der Waals surface area (Å²) in [6.45, 7) is 5.20. The van der Waals surface area contributed by atoms with Gasteiger partial charge >= 0.3 is 6.18 Å². The molecule has 0 aliphatic heterocycles. The Balaban J connectivity index is 1.53. The van der Waals surface area contributed by atoms with Gasteiger partial charge in [0.15, 0.2) is 0 Å². The molecule has 1 N–H and O–H groups in total. The fourth-order valence-corrected chi connectivity index (χ4v) is 6.84. The van der Waals surface area contributed by atoms with Crippen molar-refractivity contribution in [3.8, 4) is 5.75 Å². The highest BCUT2D eigenvalue weighted by Crippen LogP contribution is 2.34. The van der Waals surface area contributed by atoms with Crippen LogP contribution in [0.1, 0.15) is 47.8 Å². The normalized spacial score (nSPS) is 15.5. The predicted molar refractivity (Wildman–Crippen MR) is 132 cm³/mol. The van der Waals surface area contributed by atoms with Crippen LogP contribution in [0.2, 0.25) is 0 Å². The van der Waals surface area contributed by atoms with Gasteiger partial charge in [0.25, 0.3) is 15.9 Å². The lowest BCUT2D eigenvalue weighted by Crippen LogP contribution is -2.37. The number of halogens is 3. The van der Waals surface area contributed by atoms with Crippen molar-refractivity contribution in [2.24, 2.45) is 0 Å². The molecule has 1 aliphatic carbocycles. The summed E-state index contributed by atoms with van der Waals surface area (Å²) in [5.74, 6) is -0.714. The number of rotatable bonds is 8. The molecule has 0 saturated heterocycles. The van der Waals surface area contributed by atoms with E-state index in [4.69, 9.17) is 4.74 Å². The molecule has 0 saturated carbocycles. The SMILES string of the molecule is CCOc1cc(C(F)(F)F)ccc1C(=O)NC1Cc2ccc(S(=O)(=O)N(c3nncs3)C(C)C)cc2C1. The summed E-state index contributed by atoms with van der Waals surface area (Å²) in [5.41, 5.74) is 2.21. The number of anilines is 1. The van der Waals surface area contributed by atoms with E-state index < -0.39 is 27.7 Å². The molecule has 37 heavy (non-hydrogen) atoms. The third kappa shape index (κ3) is 5.57.